The van der Waals surface area contributed by atoms with Crippen molar-refractivity contribution in [2.24, 2.45) is 0 Å². The first-order valence-corrected chi connectivity index (χ1v) is 6.85. The molecule has 0 aromatic rings. The van der Waals surface area contributed by atoms with Crippen LogP contribution in [0.1, 0.15) is 45.4 Å². The summed E-state index contributed by atoms with van der Waals surface area (Å²) in [5.41, 5.74) is 0. The van der Waals surface area contributed by atoms with Crippen LogP contribution in [-0.2, 0) is 9.53 Å². The van der Waals surface area contributed by atoms with Gasteiger partial charge in [0.1, 0.15) is 6.10 Å². The summed E-state index contributed by atoms with van der Waals surface area (Å²) in [5, 5.41) is 5.90. The predicted octanol–water partition coefficient (Wildman–Crippen LogP) is 1.45. The second-order valence-electron chi connectivity index (χ2n) is 4.69. The van der Waals surface area contributed by atoms with E-state index in [1.807, 2.05) is 14.0 Å². The van der Waals surface area contributed by atoms with Crippen LogP contribution in [0.15, 0.2) is 0 Å². The van der Waals surface area contributed by atoms with E-state index in [1.54, 1.807) is 0 Å². The molecule has 4 nitrogen and oxygen atoms in total. The summed E-state index contributed by atoms with van der Waals surface area (Å²) in [7, 11) is 1.88. The van der Waals surface area contributed by atoms with E-state index in [-0.39, 0.29) is 12.0 Å². The number of ether oxygens (including phenoxy) is 1. The highest BCUT2D eigenvalue weighted by molar-refractivity contribution is 5.80. The largest absolute Gasteiger partial charge is 0.365 e. The van der Waals surface area contributed by atoms with Crippen molar-refractivity contribution in [1.29, 1.82) is 0 Å². The Balaban J connectivity index is 2.27. The zero-order valence-electron chi connectivity index (χ0n) is 11.1. The molecule has 0 aliphatic heterocycles. The summed E-state index contributed by atoms with van der Waals surface area (Å²) in [4.78, 5) is 11.9. The number of nitrogens with one attached hydrogen (secondary N) is 2. The van der Waals surface area contributed by atoms with Gasteiger partial charge in [0, 0.05) is 13.1 Å². The van der Waals surface area contributed by atoms with Crippen LogP contribution in [0.25, 0.3) is 0 Å². The molecule has 1 aliphatic carbocycles. The molecule has 2 N–H and O–H groups in total. The van der Waals surface area contributed by atoms with Crippen LogP contribution in [-0.4, -0.2) is 38.3 Å². The molecule has 0 aromatic heterocycles. The molecule has 17 heavy (non-hydrogen) atoms. The monoisotopic (exact) mass is 242 g/mol. The highest BCUT2D eigenvalue weighted by atomic mass is 16.5. The van der Waals surface area contributed by atoms with Crippen molar-refractivity contribution >= 4 is 5.91 Å². The predicted molar refractivity (Wildman–Crippen MR) is 69.0 cm³/mol. The van der Waals surface area contributed by atoms with Crippen LogP contribution in [0.4, 0.5) is 0 Å². The summed E-state index contributed by atoms with van der Waals surface area (Å²) >= 11 is 0. The van der Waals surface area contributed by atoms with Gasteiger partial charge in [0.2, 0.25) is 5.91 Å². The maximum Gasteiger partial charge on any atom is 0.249 e. The third-order valence-electron chi connectivity index (χ3n) is 3.25. The zero-order valence-corrected chi connectivity index (χ0v) is 11.1. The van der Waals surface area contributed by atoms with Gasteiger partial charge in [-0.3, -0.25) is 4.79 Å². The molecule has 1 aliphatic rings. The van der Waals surface area contributed by atoms with E-state index in [1.165, 1.54) is 19.3 Å². The first kappa shape index (κ1) is 14.5. The Hall–Kier alpha value is -0.610. The van der Waals surface area contributed by atoms with E-state index in [2.05, 4.69) is 10.6 Å². The van der Waals surface area contributed by atoms with E-state index in [4.69, 9.17) is 4.74 Å². The highest BCUT2D eigenvalue weighted by Gasteiger charge is 2.22. The number of carbonyl (C=O) groups excluding carboxylic acids is 1. The van der Waals surface area contributed by atoms with Crippen molar-refractivity contribution < 1.29 is 9.53 Å². The Bertz CT molecular complexity index is 215. The van der Waals surface area contributed by atoms with Crippen LogP contribution in [0, 0.1) is 0 Å². The quantitative estimate of drug-likeness (QED) is 0.664. The zero-order chi connectivity index (χ0) is 12.5. The van der Waals surface area contributed by atoms with Gasteiger partial charge < -0.3 is 15.4 Å². The average Bonchev–Trinajstić information content (AvgIpc) is 2.37. The minimum absolute atomic E-state index is 0.0355. The van der Waals surface area contributed by atoms with Gasteiger partial charge in [0.05, 0.1) is 6.10 Å². The second-order valence-corrected chi connectivity index (χ2v) is 4.69. The molecule has 4 heteroatoms. The first-order valence-electron chi connectivity index (χ1n) is 6.85. The van der Waals surface area contributed by atoms with Crippen LogP contribution in [0.2, 0.25) is 0 Å². The molecule has 0 aromatic carbocycles. The van der Waals surface area contributed by atoms with E-state index in [9.17, 15) is 4.79 Å². The lowest BCUT2D eigenvalue weighted by atomic mass is 9.97. The molecule has 0 heterocycles. The smallest absolute Gasteiger partial charge is 0.249 e. The van der Waals surface area contributed by atoms with E-state index in [0.29, 0.717) is 12.6 Å². The van der Waals surface area contributed by atoms with Gasteiger partial charge in [-0.2, -0.15) is 0 Å². The Labute approximate surface area is 104 Å². The third kappa shape index (κ3) is 5.50. The summed E-state index contributed by atoms with van der Waals surface area (Å²) < 4.78 is 5.90. The molecule has 0 saturated heterocycles. The molecule has 0 spiro atoms. The van der Waals surface area contributed by atoms with Crippen molar-refractivity contribution in [2.45, 2.75) is 57.7 Å². The Morgan fingerprint density at radius 2 is 2.00 bits per heavy atom. The fourth-order valence-electron chi connectivity index (χ4n) is 2.20. The Kier molecular flexibility index (Phi) is 7.21. The molecule has 1 saturated carbocycles. The number of hydrogen-bond acceptors (Lipinski definition) is 3. The fraction of sp³-hybridized carbons (Fsp3) is 0.923. The van der Waals surface area contributed by atoms with Crippen molar-refractivity contribution in [3.63, 3.8) is 0 Å². The molecule has 0 bridgehead atoms. The number of rotatable bonds is 7. The van der Waals surface area contributed by atoms with Gasteiger partial charge in [-0.15, -0.1) is 0 Å². The van der Waals surface area contributed by atoms with Crippen molar-refractivity contribution in [3.05, 3.63) is 0 Å². The number of likely N-dealkylation sites (N-methyl/N-ethyl adjacent to an activating group) is 1. The van der Waals surface area contributed by atoms with Gasteiger partial charge in [-0.05, 0) is 26.3 Å². The van der Waals surface area contributed by atoms with Crippen molar-refractivity contribution in [2.75, 3.05) is 20.1 Å². The van der Waals surface area contributed by atoms with Gasteiger partial charge in [-0.1, -0.05) is 26.2 Å². The highest BCUT2D eigenvalue weighted by Crippen LogP contribution is 2.22. The molecule has 100 valence electrons. The number of amides is 1. The number of carbonyl (C=O) groups is 1. The minimum Gasteiger partial charge on any atom is -0.365 e. The molecular weight excluding hydrogens is 216 g/mol. The Morgan fingerprint density at radius 1 is 1.29 bits per heavy atom. The molecule has 1 rings (SSSR count). The lowest BCUT2D eigenvalue weighted by molar-refractivity contribution is -0.138. The van der Waals surface area contributed by atoms with Crippen molar-refractivity contribution in [3.8, 4) is 0 Å². The molecule has 0 radical (unpaired) electrons. The van der Waals surface area contributed by atoms with Gasteiger partial charge in [0.15, 0.2) is 0 Å². The van der Waals surface area contributed by atoms with Gasteiger partial charge in [-0.25, -0.2) is 0 Å². The van der Waals surface area contributed by atoms with Crippen molar-refractivity contribution in [1.82, 2.24) is 10.6 Å². The first-order chi connectivity index (χ1) is 8.27. The minimum atomic E-state index is -0.269. The lowest BCUT2D eigenvalue weighted by Gasteiger charge is -2.26. The maximum atomic E-state index is 11.9. The molecule has 1 atom stereocenters. The van der Waals surface area contributed by atoms with Gasteiger partial charge in [0.25, 0.3) is 0 Å². The topological polar surface area (TPSA) is 50.4 Å². The summed E-state index contributed by atoms with van der Waals surface area (Å²) in [6.07, 6.45) is 6.79. The molecule has 1 amide bonds. The second kappa shape index (κ2) is 8.48. The number of hydrogen-bond donors (Lipinski definition) is 2. The Morgan fingerprint density at radius 3 is 2.59 bits per heavy atom. The third-order valence-corrected chi connectivity index (χ3v) is 3.25. The SMILES string of the molecule is CCC(OC1CCCCC1)C(=O)NCCNC. The van der Waals surface area contributed by atoms with Crippen LogP contribution < -0.4 is 10.6 Å². The molecular formula is C13H26N2O2. The maximum absolute atomic E-state index is 11.9. The van der Waals surface area contributed by atoms with Crippen LogP contribution in [0.3, 0.4) is 0 Å². The normalized spacial score (nSPS) is 18.9. The lowest BCUT2D eigenvalue weighted by Crippen LogP contribution is -2.41. The van der Waals surface area contributed by atoms with Crippen LogP contribution in [0.5, 0.6) is 0 Å². The average molecular weight is 242 g/mol. The summed E-state index contributed by atoms with van der Waals surface area (Å²) in [6.45, 7) is 3.47. The summed E-state index contributed by atoms with van der Waals surface area (Å²) in [5.74, 6) is 0.0355. The standard InChI is InChI=1S/C13H26N2O2/c1-3-12(13(16)15-10-9-14-2)17-11-7-5-4-6-8-11/h11-12,14H,3-10H2,1-2H3,(H,15,16). The van der Waals surface area contributed by atoms with Crippen LogP contribution >= 0.6 is 0 Å². The fourth-order valence-corrected chi connectivity index (χ4v) is 2.20. The summed E-state index contributed by atoms with van der Waals surface area (Å²) in [6, 6.07) is 0. The molecule has 1 unspecified atom stereocenters. The van der Waals surface area contributed by atoms with E-state index < -0.39 is 0 Å². The molecule has 1 fully saturated rings. The van der Waals surface area contributed by atoms with E-state index in [0.717, 1.165) is 25.8 Å². The van der Waals surface area contributed by atoms with Gasteiger partial charge >= 0.3 is 0 Å². The van der Waals surface area contributed by atoms with E-state index >= 15 is 0 Å².